The second-order valence-electron chi connectivity index (χ2n) is 1.99. The molecule has 1 unspecified atom stereocenters. The van der Waals surface area contributed by atoms with Gasteiger partial charge in [-0.3, -0.25) is 4.79 Å². The van der Waals surface area contributed by atoms with Crippen molar-refractivity contribution in [2.24, 2.45) is 5.73 Å². The maximum Gasteiger partial charge on any atom is 0.396 e. The van der Waals surface area contributed by atoms with Gasteiger partial charge in [0.25, 0.3) is 0 Å². The SMILES string of the molecule is CCC(C)OC(=O)C(N)=O. The third kappa shape index (κ3) is 3.06. The highest BCUT2D eigenvalue weighted by Gasteiger charge is 2.12. The second-order valence-corrected chi connectivity index (χ2v) is 1.99. The van der Waals surface area contributed by atoms with Crippen LogP contribution in [-0.4, -0.2) is 18.0 Å². The maximum atomic E-state index is 10.4. The molecule has 0 saturated carbocycles. The molecule has 0 aromatic rings. The van der Waals surface area contributed by atoms with Crippen LogP contribution in [0.5, 0.6) is 0 Å². The topological polar surface area (TPSA) is 69.4 Å². The molecule has 0 aromatic carbocycles. The van der Waals surface area contributed by atoms with Gasteiger partial charge in [-0.1, -0.05) is 6.92 Å². The summed E-state index contributed by atoms with van der Waals surface area (Å²) >= 11 is 0. The van der Waals surface area contributed by atoms with E-state index in [2.05, 4.69) is 10.5 Å². The van der Waals surface area contributed by atoms with Crippen LogP contribution in [0, 0.1) is 0 Å². The molecule has 1 amide bonds. The molecule has 0 bridgehead atoms. The van der Waals surface area contributed by atoms with Crippen molar-refractivity contribution < 1.29 is 14.3 Å². The molecular formula is C6H11NO3. The summed E-state index contributed by atoms with van der Waals surface area (Å²) in [5.74, 6) is -2.00. The van der Waals surface area contributed by atoms with Gasteiger partial charge < -0.3 is 10.5 Å². The Hall–Kier alpha value is -1.06. The molecule has 4 nitrogen and oxygen atoms in total. The van der Waals surface area contributed by atoms with E-state index in [1.807, 2.05) is 6.92 Å². The fourth-order valence-corrected chi connectivity index (χ4v) is 0.324. The van der Waals surface area contributed by atoms with Crippen molar-refractivity contribution in [3.63, 3.8) is 0 Å². The molecule has 0 aliphatic rings. The van der Waals surface area contributed by atoms with Gasteiger partial charge in [0.05, 0.1) is 6.10 Å². The summed E-state index contributed by atoms with van der Waals surface area (Å²) in [5.41, 5.74) is 4.63. The number of primary amides is 1. The Bertz CT molecular complexity index is 144. The first-order chi connectivity index (χ1) is 4.57. The zero-order valence-electron chi connectivity index (χ0n) is 6.09. The van der Waals surface area contributed by atoms with Crippen LogP contribution >= 0.6 is 0 Å². The summed E-state index contributed by atoms with van der Waals surface area (Å²) in [6, 6.07) is 0. The summed E-state index contributed by atoms with van der Waals surface area (Å²) < 4.78 is 4.55. The van der Waals surface area contributed by atoms with Gasteiger partial charge >= 0.3 is 11.9 Å². The molecule has 0 saturated heterocycles. The summed E-state index contributed by atoms with van der Waals surface area (Å²) in [6.07, 6.45) is 0.443. The van der Waals surface area contributed by atoms with Gasteiger partial charge in [0.1, 0.15) is 0 Å². The van der Waals surface area contributed by atoms with E-state index < -0.39 is 11.9 Å². The molecule has 0 rings (SSSR count). The Labute approximate surface area is 59.3 Å². The normalized spacial score (nSPS) is 12.2. The van der Waals surface area contributed by atoms with Gasteiger partial charge in [0.2, 0.25) is 0 Å². The zero-order chi connectivity index (χ0) is 8.15. The van der Waals surface area contributed by atoms with Gasteiger partial charge in [-0.2, -0.15) is 0 Å². The van der Waals surface area contributed by atoms with Gasteiger partial charge in [0.15, 0.2) is 0 Å². The molecule has 0 aromatic heterocycles. The molecule has 0 radical (unpaired) electrons. The van der Waals surface area contributed by atoms with Crippen molar-refractivity contribution in [1.29, 1.82) is 0 Å². The number of hydrogen-bond donors (Lipinski definition) is 1. The van der Waals surface area contributed by atoms with Gasteiger partial charge in [-0.15, -0.1) is 0 Å². The Balaban J connectivity index is 3.68. The fourth-order valence-electron chi connectivity index (χ4n) is 0.324. The van der Waals surface area contributed by atoms with Crippen molar-refractivity contribution in [2.45, 2.75) is 26.4 Å². The van der Waals surface area contributed by atoms with E-state index in [0.29, 0.717) is 6.42 Å². The van der Waals surface area contributed by atoms with Crippen molar-refractivity contribution >= 4 is 11.9 Å². The minimum absolute atomic E-state index is 0.236. The van der Waals surface area contributed by atoms with E-state index >= 15 is 0 Å². The van der Waals surface area contributed by atoms with Gasteiger partial charge in [0, 0.05) is 0 Å². The highest BCUT2D eigenvalue weighted by atomic mass is 16.5. The third-order valence-corrected chi connectivity index (χ3v) is 1.08. The lowest BCUT2D eigenvalue weighted by Crippen LogP contribution is -2.28. The van der Waals surface area contributed by atoms with E-state index in [9.17, 15) is 9.59 Å². The fraction of sp³-hybridized carbons (Fsp3) is 0.667. The predicted molar refractivity (Wildman–Crippen MR) is 35.0 cm³/mol. The minimum atomic E-state index is -1.04. The predicted octanol–water partition coefficient (Wildman–Crippen LogP) is -0.187. The van der Waals surface area contributed by atoms with E-state index in [-0.39, 0.29) is 6.10 Å². The molecule has 4 heteroatoms. The highest BCUT2D eigenvalue weighted by Crippen LogP contribution is 1.94. The van der Waals surface area contributed by atoms with Crippen LogP contribution in [0.15, 0.2) is 0 Å². The number of nitrogens with two attached hydrogens (primary N) is 1. The second kappa shape index (κ2) is 3.87. The van der Waals surface area contributed by atoms with Gasteiger partial charge in [-0.05, 0) is 13.3 Å². The molecule has 58 valence electrons. The number of rotatable bonds is 2. The number of carbonyl (C=O) groups is 2. The van der Waals surface area contributed by atoms with Crippen LogP contribution in [-0.2, 0) is 14.3 Å². The smallest absolute Gasteiger partial charge is 0.396 e. The largest absolute Gasteiger partial charge is 0.456 e. The molecule has 1 atom stereocenters. The van der Waals surface area contributed by atoms with E-state index in [0.717, 1.165) is 0 Å². The molecule has 2 N–H and O–H groups in total. The van der Waals surface area contributed by atoms with Crippen molar-refractivity contribution in [3.05, 3.63) is 0 Å². The maximum absolute atomic E-state index is 10.4. The zero-order valence-corrected chi connectivity index (χ0v) is 6.09. The van der Waals surface area contributed by atoms with Crippen LogP contribution in [0.1, 0.15) is 20.3 Å². The Morgan fingerprint density at radius 2 is 2.10 bits per heavy atom. The lowest BCUT2D eigenvalue weighted by Gasteiger charge is -2.07. The van der Waals surface area contributed by atoms with Gasteiger partial charge in [-0.25, -0.2) is 4.79 Å². The number of hydrogen-bond acceptors (Lipinski definition) is 3. The average molecular weight is 145 g/mol. The standard InChI is InChI=1S/C6H11NO3/c1-3-4(2)10-6(9)5(7)8/h4H,3H2,1-2H3,(H2,7,8). The Morgan fingerprint density at radius 3 is 2.40 bits per heavy atom. The third-order valence-electron chi connectivity index (χ3n) is 1.08. The lowest BCUT2D eigenvalue weighted by atomic mass is 10.3. The van der Waals surface area contributed by atoms with E-state index in [4.69, 9.17) is 0 Å². The van der Waals surface area contributed by atoms with Crippen molar-refractivity contribution in [2.75, 3.05) is 0 Å². The van der Waals surface area contributed by atoms with Crippen molar-refractivity contribution in [3.8, 4) is 0 Å². The molecule has 10 heavy (non-hydrogen) atoms. The lowest BCUT2D eigenvalue weighted by molar-refractivity contribution is -0.157. The summed E-state index contributed by atoms with van der Waals surface area (Å²) in [7, 11) is 0. The minimum Gasteiger partial charge on any atom is -0.456 e. The molecule has 0 aliphatic carbocycles. The molecular weight excluding hydrogens is 134 g/mol. The highest BCUT2D eigenvalue weighted by molar-refractivity contribution is 6.31. The Morgan fingerprint density at radius 1 is 1.60 bits per heavy atom. The Kier molecular flexibility index (Phi) is 3.46. The molecule has 0 spiro atoms. The molecule has 0 heterocycles. The summed E-state index contributed by atoms with van der Waals surface area (Å²) in [5, 5.41) is 0. The first-order valence-corrected chi connectivity index (χ1v) is 3.08. The van der Waals surface area contributed by atoms with Crippen molar-refractivity contribution in [1.82, 2.24) is 0 Å². The van der Waals surface area contributed by atoms with Crippen LogP contribution in [0.25, 0.3) is 0 Å². The average Bonchev–Trinajstić information content (AvgIpc) is 1.87. The van der Waals surface area contributed by atoms with Crippen LogP contribution in [0.4, 0.5) is 0 Å². The molecule has 0 aliphatic heterocycles. The molecule has 0 fully saturated rings. The summed E-state index contributed by atoms with van der Waals surface area (Å²) in [6.45, 7) is 3.54. The first-order valence-electron chi connectivity index (χ1n) is 3.08. The van der Waals surface area contributed by atoms with Crippen LogP contribution in [0.3, 0.4) is 0 Å². The monoisotopic (exact) mass is 145 g/mol. The van der Waals surface area contributed by atoms with E-state index in [1.165, 1.54) is 0 Å². The summed E-state index contributed by atoms with van der Waals surface area (Å²) in [4.78, 5) is 20.5. The number of carbonyl (C=O) groups excluding carboxylic acids is 2. The number of amides is 1. The van der Waals surface area contributed by atoms with Crippen LogP contribution in [0.2, 0.25) is 0 Å². The number of ether oxygens (including phenoxy) is 1. The first kappa shape index (κ1) is 8.94. The number of esters is 1. The van der Waals surface area contributed by atoms with Crippen LogP contribution < -0.4 is 5.73 Å². The van der Waals surface area contributed by atoms with E-state index in [1.54, 1.807) is 6.92 Å². The quantitative estimate of drug-likeness (QED) is 0.432.